The van der Waals surface area contributed by atoms with Crippen LogP contribution in [0.5, 0.6) is 0 Å². The molecule has 0 N–H and O–H groups in total. The Labute approximate surface area is 203 Å². The van der Waals surface area contributed by atoms with Crippen LogP contribution in [0.15, 0.2) is 109 Å². The van der Waals surface area contributed by atoms with Crippen LogP contribution in [-0.2, 0) is 19.6 Å². The molecule has 1 unspecified atom stereocenters. The second kappa shape index (κ2) is 9.48. The molecular weight excluding hydrogens is 434 g/mol. The van der Waals surface area contributed by atoms with Gasteiger partial charge in [-0.3, -0.25) is 4.90 Å². The van der Waals surface area contributed by atoms with Gasteiger partial charge in [0.2, 0.25) is 0 Å². The zero-order chi connectivity index (χ0) is 23.5. The number of aromatic nitrogens is 6. The molecule has 0 saturated heterocycles. The van der Waals surface area contributed by atoms with Crippen LogP contribution in [0.4, 0.5) is 0 Å². The van der Waals surface area contributed by atoms with Gasteiger partial charge in [-0.2, -0.15) is 0 Å². The SMILES string of the molecule is c1ccc(CN(Cc2ccccc2)C(Cn2nnc3ccccc32)n2nnc3ccccc32)cc1. The lowest BCUT2D eigenvalue weighted by Gasteiger charge is -2.32. The predicted molar refractivity (Wildman–Crippen MR) is 136 cm³/mol. The quantitative estimate of drug-likeness (QED) is 0.318. The van der Waals surface area contributed by atoms with E-state index >= 15 is 0 Å². The molecule has 35 heavy (non-hydrogen) atoms. The van der Waals surface area contributed by atoms with Gasteiger partial charge in [0.1, 0.15) is 17.2 Å². The van der Waals surface area contributed by atoms with Crippen molar-refractivity contribution in [1.82, 2.24) is 34.9 Å². The van der Waals surface area contributed by atoms with Crippen molar-refractivity contribution in [3.63, 3.8) is 0 Å². The summed E-state index contributed by atoms with van der Waals surface area (Å²) in [7, 11) is 0. The maximum absolute atomic E-state index is 4.62. The maximum Gasteiger partial charge on any atom is 0.127 e. The Morgan fingerprint density at radius 2 is 1.09 bits per heavy atom. The third kappa shape index (κ3) is 4.41. The van der Waals surface area contributed by atoms with E-state index < -0.39 is 0 Å². The lowest BCUT2D eigenvalue weighted by atomic mass is 10.1. The lowest BCUT2D eigenvalue weighted by Crippen LogP contribution is -2.36. The Balaban J connectivity index is 1.47. The summed E-state index contributed by atoms with van der Waals surface area (Å²) in [6.45, 7) is 2.08. The smallest absolute Gasteiger partial charge is 0.127 e. The molecule has 6 aromatic rings. The molecule has 2 heterocycles. The number of nitrogens with zero attached hydrogens (tertiary/aromatic N) is 7. The molecule has 7 heteroatoms. The van der Waals surface area contributed by atoms with E-state index in [0.29, 0.717) is 6.54 Å². The van der Waals surface area contributed by atoms with Gasteiger partial charge in [-0.15, -0.1) is 10.2 Å². The molecule has 6 rings (SSSR count). The van der Waals surface area contributed by atoms with E-state index in [2.05, 4.69) is 98.3 Å². The van der Waals surface area contributed by atoms with Crippen LogP contribution in [0.3, 0.4) is 0 Å². The van der Waals surface area contributed by atoms with Gasteiger partial charge in [0.25, 0.3) is 0 Å². The molecule has 0 bridgehead atoms. The average molecular weight is 460 g/mol. The molecule has 0 aliphatic rings. The molecule has 0 radical (unpaired) electrons. The summed E-state index contributed by atoms with van der Waals surface area (Å²) < 4.78 is 4.00. The average Bonchev–Trinajstić information content (AvgIpc) is 3.52. The van der Waals surface area contributed by atoms with E-state index in [0.717, 1.165) is 35.2 Å². The summed E-state index contributed by atoms with van der Waals surface area (Å²) in [6.07, 6.45) is -0.145. The van der Waals surface area contributed by atoms with Crippen LogP contribution in [0.25, 0.3) is 22.1 Å². The molecule has 172 valence electrons. The Morgan fingerprint density at radius 3 is 1.74 bits per heavy atom. The number of benzene rings is 4. The first-order valence-corrected chi connectivity index (χ1v) is 11.8. The molecule has 0 fully saturated rings. The predicted octanol–water partition coefficient (Wildman–Crippen LogP) is 5.08. The minimum Gasteiger partial charge on any atom is -0.272 e. The van der Waals surface area contributed by atoms with Crippen molar-refractivity contribution in [3.8, 4) is 0 Å². The Bertz CT molecular complexity index is 1500. The molecule has 4 aromatic carbocycles. The Kier molecular flexibility index (Phi) is 5.74. The van der Waals surface area contributed by atoms with E-state index in [9.17, 15) is 0 Å². The van der Waals surface area contributed by atoms with Gasteiger partial charge < -0.3 is 0 Å². The normalized spacial score (nSPS) is 12.5. The largest absolute Gasteiger partial charge is 0.272 e. The molecule has 0 saturated carbocycles. The van der Waals surface area contributed by atoms with Crippen LogP contribution in [0.2, 0.25) is 0 Å². The van der Waals surface area contributed by atoms with Crippen molar-refractivity contribution in [2.45, 2.75) is 25.8 Å². The highest BCUT2D eigenvalue weighted by Gasteiger charge is 2.26. The maximum atomic E-state index is 4.62. The van der Waals surface area contributed by atoms with Crippen molar-refractivity contribution < 1.29 is 0 Å². The highest BCUT2D eigenvalue weighted by Crippen LogP contribution is 2.26. The van der Waals surface area contributed by atoms with Crippen LogP contribution in [-0.4, -0.2) is 34.9 Å². The fourth-order valence-corrected chi connectivity index (χ4v) is 4.56. The molecule has 0 spiro atoms. The molecule has 0 aliphatic heterocycles. The zero-order valence-corrected chi connectivity index (χ0v) is 19.2. The summed E-state index contributed by atoms with van der Waals surface area (Å²) in [5.74, 6) is 0. The van der Waals surface area contributed by atoms with E-state index in [1.807, 2.05) is 45.8 Å². The number of rotatable bonds is 8. The second-order valence-electron chi connectivity index (χ2n) is 8.64. The van der Waals surface area contributed by atoms with Crippen molar-refractivity contribution in [2.75, 3.05) is 0 Å². The highest BCUT2D eigenvalue weighted by molar-refractivity contribution is 5.74. The van der Waals surface area contributed by atoms with Crippen LogP contribution >= 0.6 is 0 Å². The van der Waals surface area contributed by atoms with Crippen LogP contribution in [0, 0.1) is 0 Å². The monoisotopic (exact) mass is 459 g/mol. The molecule has 0 aliphatic carbocycles. The molecule has 7 nitrogen and oxygen atoms in total. The van der Waals surface area contributed by atoms with Gasteiger partial charge >= 0.3 is 0 Å². The van der Waals surface area contributed by atoms with Gasteiger partial charge in [-0.05, 0) is 35.4 Å². The molecule has 2 aromatic heterocycles. The van der Waals surface area contributed by atoms with E-state index in [1.54, 1.807) is 0 Å². The minimum absolute atomic E-state index is 0.145. The van der Waals surface area contributed by atoms with Gasteiger partial charge in [0, 0.05) is 13.1 Å². The topological polar surface area (TPSA) is 64.7 Å². The van der Waals surface area contributed by atoms with Crippen molar-refractivity contribution >= 4 is 22.1 Å². The first-order chi connectivity index (χ1) is 17.3. The van der Waals surface area contributed by atoms with Crippen molar-refractivity contribution in [2.24, 2.45) is 0 Å². The van der Waals surface area contributed by atoms with Gasteiger partial charge in [-0.25, -0.2) is 9.36 Å². The number of hydrogen-bond donors (Lipinski definition) is 0. The zero-order valence-electron chi connectivity index (χ0n) is 19.2. The molecule has 0 amide bonds. The Morgan fingerprint density at radius 1 is 0.571 bits per heavy atom. The fourth-order valence-electron chi connectivity index (χ4n) is 4.56. The minimum atomic E-state index is -0.145. The number of para-hydroxylation sites is 2. The first kappa shape index (κ1) is 21.2. The fraction of sp³-hybridized carbons (Fsp3) is 0.143. The Hall–Kier alpha value is -4.36. The summed E-state index contributed by atoms with van der Waals surface area (Å²) in [4.78, 5) is 2.43. The van der Waals surface area contributed by atoms with Crippen molar-refractivity contribution in [1.29, 1.82) is 0 Å². The second-order valence-corrected chi connectivity index (χ2v) is 8.64. The van der Waals surface area contributed by atoms with Crippen LogP contribution < -0.4 is 0 Å². The third-order valence-electron chi connectivity index (χ3n) is 6.29. The lowest BCUT2D eigenvalue weighted by molar-refractivity contribution is 0.0927. The molecular formula is C28H25N7. The van der Waals surface area contributed by atoms with E-state index in [-0.39, 0.29) is 6.17 Å². The van der Waals surface area contributed by atoms with Gasteiger partial charge in [0.15, 0.2) is 0 Å². The number of fused-ring (bicyclic) bond motifs is 2. The summed E-state index contributed by atoms with van der Waals surface area (Å²) >= 11 is 0. The first-order valence-electron chi connectivity index (χ1n) is 11.8. The van der Waals surface area contributed by atoms with Gasteiger partial charge in [-0.1, -0.05) is 95.4 Å². The van der Waals surface area contributed by atoms with Crippen molar-refractivity contribution in [3.05, 3.63) is 120 Å². The van der Waals surface area contributed by atoms with E-state index in [1.165, 1.54) is 11.1 Å². The van der Waals surface area contributed by atoms with E-state index in [4.69, 9.17) is 0 Å². The van der Waals surface area contributed by atoms with Crippen LogP contribution in [0.1, 0.15) is 17.3 Å². The number of hydrogen-bond acceptors (Lipinski definition) is 5. The summed E-state index contributed by atoms with van der Waals surface area (Å²) in [5, 5.41) is 18.0. The summed E-state index contributed by atoms with van der Waals surface area (Å²) in [5.41, 5.74) is 6.23. The third-order valence-corrected chi connectivity index (χ3v) is 6.29. The van der Waals surface area contributed by atoms with Gasteiger partial charge in [0.05, 0.1) is 17.6 Å². The standard InChI is InChI=1S/C28H25N7/c1-3-11-22(12-4-1)19-33(20-23-13-5-2-6-14-23)28(35-27-18-10-8-16-25(27)30-32-35)21-34-26-17-9-7-15-24(26)29-31-34/h1-18,28H,19-21H2. The molecule has 1 atom stereocenters. The highest BCUT2D eigenvalue weighted by atomic mass is 15.5. The summed E-state index contributed by atoms with van der Waals surface area (Å²) in [6, 6.07) is 37.3.